The van der Waals surface area contributed by atoms with Crippen LogP contribution in [0.3, 0.4) is 0 Å². The van der Waals surface area contributed by atoms with Gasteiger partial charge in [-0.1, -0.05) is 36.9 Å². The summed E-state index contributed by atoms with van der Waals surface area (Å²) in [6.45, 7) is 3.30. The van der Waals surface area contributed by atoms with E-state index in [-0.39, 0.29) is 11.7 Å². The van der Waals surface area contributed by atoms with Crippen LogP contribution >= 0.6 is 11.8 Å². The lowest BCUT2D eigenvalue weighted by molar-refractivity contribution is -0.113. The van der Waals surface area contributed by atoms with Crippen molar-refractivity contribution in [1.82, 2.24) is 24.2 Å². The van der Waals surface area contributed by atoms with Crippen LogP contribution in [0.1, 0.15) is 12.5 Å². The minimum Gasteiger partial charge on any atom is -0.408 e. The van der Waals surface area contributed by atoms with Crippen LogP contribution in [-0.4, -0.2) is 56.5 Å². The van der Waals surface area contributed by atoms with Crippen LogP contribution in [0.25, 0.3) is 16.8 Å². The molecule has 33 heavy (non-hydrogen) atoms. The van der Waals surface area contributed by atoms with Gasteiger partial charge >= 0.3 is 5.76 Å². The first-order valence-corrected chi connectivity index (χ1v) is 11.6. The second-order valence-corrected chi connectivity index (χ2v) is 8.75. The minimum absolute atomic E-state index is 0.170. The second kappa shape index (κ2) is 10.1. The number of rotatable bonds is 9. The number of carbonyl (C=O) groups excluding carboxylic acids is 1. The average molecular weight is 467 g/mol. The van der Waals surface area contributed by atoms with Crippen LogP contribution in [0, 0.1) is 0 Å². The number of thioether (sulfide) groups is 1. The van der Waals surface area contributed by atoms with Crippen molar-refractivity contribution in [1.29, 1.82) is 0 Å². The maximum atomic E-state index is 12.6. The van der Waals surface area contributed by atoms with Crippen LogP contribution < -0.4 is 11.1 Å². The van der Waals surface area contributed by atoms with Crippen LogP contribution in [0.5, 0.6) is 0 Å². The van der Waals surface area contributed by atoms with E-state index < -0.39 is 5.76 Å². The van der Waals surface area contributed by atoms with E-state index in [9.17, 15) is 9.59 Å². The van der Waals surface area contributed by atoms with Gasteiger partial charge in [0.25, 0.3) is 0 Å². The Morgan fingerprint density at radius 3 is 2.82 bits per heavy atom. The van der Waals surface area contributed by atoms with Gasteiger partial charge in [-0.3, -0.25) is 13.9 Å². The lowest BCUT2D eigenvalue weighted by Gasteiger charge is -2.11. The van der Waals surface area contributed by atoms with E-state index in [1.165, 1.54) is 17.3 Å². The van der Waals surface area contributed by atoms with Crippen LogP contribution in [0.2, 0.25) is 0 Å². The Kier molecular flexibility index (Phi) is 6.95. The predicted molar refractivity (Wildman–Crippen MR) is 129 cm³/mol. The van der Waals surface area contributed by atoms with Gasteiger partial charge in [0.15, 0.2) is 10.7 Å². The molecule has 1 amide bonds. The molecule has 2 heterocycles. The molecule has 0 aliphatic rings. The van der Waals surface area contributed by atoms with Gasteiger partial charge < -0.3 is 14.6 Å². The van der Waals surface area contributed by atoms with E-state index in [0.29, 0.717) is 35.0 Å². The van der Waals surface area contributed by atoms with Crippen LogP contribution in [0.15, 0.2) is 63.2 Å². The van der Waals surface area contributed by atoms with E-state index in [0.717, 1.165) is 12.1 Å². The molecule has 0 bridgehead atoms. The molecule has 4 rings (SSSR count). The van der Waals surface area contributed by atoms with Gasteiger partial charge in [-0.2, -0.15) is 0 Å². The summed E-state index contributed by atoms with van der Waals surface area (Å²) >= 11 is 1.32. The number of amides is 1. The summed E-state index contributed by atoms with van der Waals surface area (Å²) in [6, 6.07) is 13.2. The molecular formula is C23H26N6O3S. The Morgan fingerprint density at radius 1 is 1.21 bits per heavy atom. The van der Waals surface area contributed by atoms with E-state index in [4.69, 9.17) is 4.42 Å². The molecule has 0 spiro atoms. The molecular weight excluding hydrogens is 440 g/mol. The fraction of sp³-hybridized carbons (Fsp3) is 0.304. The summed E-state index contributed by atoms with van der Waals surface area (Å²) in [5, 5.41) is 11.7. The van der Waals surface area contributed by atoms with Crippen molar-refractivity contribution in [3.63, 3.8) is 0 Å². The highest BCUT2D eigenvalue weighted by molar-refractivity contribution is 7.99. The van der Waals surface area contributed by atoms with E-state index >= 15 is 0 Å². The van der Waals surface area contributed by atoms with Crippen LogP contribution in [-0.2, 0) is 17.8 Å². The molecule has 10 heteroatoms. The predicted octanol–water partition coefficient (Wildman–Crippen LogP) is 3.03. The molecule has 0 aliphatic heterocycles. The first-order chi connectivity index (χ1) is 16.0. The third-order valence-corrected chi connectivity index (χ3v) is 6.15. The third-order valence-electron chi connectivity index (χ3n) is 5.20. The molecule has 0 aliphatic carbocycles. The summed E-state index contributed by atoms with van der Waals surface area (Å²) < 4.78 is 8.79. The minimum atomic E-state index is -0.405. The van der Waals surface area contributed by atoms with E-state index in [2.05, 4.69) is 28.5 Å². The number of para-hydroxylation sites is 1. The average Bonchev–Trinajstić information content (AvgIpc) is 3.39. The molecule has 1 N–H and O–H groups in total. The fourth-order valence-corrected chi connectivity index (χ4v) is 4.23. The molecule has 0 radical (unpaired) electrons. The molecule has 2 aromatic heterocycles. The van der Waals surface area contributed by atoms with Crippen molar-refractivity contribution in [2.75, 3.05) is 31.7 Å². The number of likely N-dealkylation sites (N-methyl/N-ethyl adjacent to an activating group) is 1. The van der Waals surface area contributed by atoms with Gasteiger partial charge in [0, 0.05) is 18.8 Å². The zero-order valence-electron chi connectivity index (χ0n) is 18.8. The summed E-state index contributed by atoms with van der Waals surface area (Å²) in [6.07, 6.45) is 2.55. The lowest BCUT2D eigenvalue weighted by atomic mass is 10.1. The van der Waals surface area contributed by atoms with Gasteiger partial charge in [0.05, 0.1) is 17.0 Å². The van der Waals surface area contributed by atoms with Crippen LogP contribution in [0.4, 0.5) is 5.69 Å². The highest BCUT2D eigenvalue weighted by Gasteiger charge is 2.14. The largest absolute Gasteiger partial charge is 0.419 e. The Bertz CT molecular complexity index is 1320. The first-order valence-electron chi connectivity index (χ1n) is 10.7. The maximum absolute atomic E-state index is 12.6. The summed E-state index contributed by atoms with van der Waals surface area (Å²) in [7, 11) is 3.89. The Labute approximate surface area is 195 Å². The second-order valence-electron chi connectivity index (χ2n) is 7.81. The summed E-state index contributed by atoms with van der Waals surface area (Å²) in [5.74, 6) is -0.412. The summed E-state index contributed by atoms with van der Waals surface area (Å²) in [5.41, 5.74) is 3.94. The van der Waals surface area contributed by atoms with Gasteiger partial charge in [-0.15, -0.1) is 10.2 Å². The van der Waals surface area contributed by atoms with E-state index in [1.807, 2.05) is 41.8 Å². The fourth-order valence-electron chi connectivity index (χ4n) is 3.51. The Balaban J connectivity index is 1.45. The third kappa shape index (κ3) is 5.18. The number of carbonyl (C=O) groups is 1. The summed E-state index contributed by atoms with van der Waals surface area (Å²) in [4.78, 5) is 26.8. The molecule has 0 atom stereocenters. The van der Waals surface area contributed by atoms with Crippen molar-refractivity contribution in [3.05, 3.63) is 64.9 Å². The Morgan fingerprint density at radius 2 is 2.03 bits per heavy atom. The lowest BCUT2D eigenvalue weighted by Crippen LogP contribution is -2.23. The molecule has 9 nitrogen and oxygen atoms in total. The molecule has 0 saturated carbocycles. The number of aromatic nitrogens is 4. The topological polar surface area (TPSA) is 98.2 Å². The quantitative estimate of drug-likeness (QED) is 0.379. The SMILES string of the molecule is CCc1ccccc1-n1cnnc1SCC(=O)Nc1ccc2oc(=O)n(CCN(C)C)c2c1. The number of nitrogens with zero attached hydrogens (tertiary/aromatic N) is 5. The molecule has 172 valence electrons. The molecule has 2 aromatic carbocycles. The normalized spacial score (nSPS) is 11.4. The Hall–Kier alpha value is -3.37. The van der Waals surface area contributed by atoms with Crippen molar-refractivity contribution >= 4 is 34.5 Å². The number of anilines is 1. The van der Waals surface area contributed by atoms with Crippen molar-refractivity contribution < 1.29 is 9.21 Å². The first kappa shape index (κ1) is 22.8. The van der Waals surface area contributed by atoms with Crippen molar-refractivity contribution in [3.8, 4) is 5.69 Å². The number of benzene rings is 2. The smallest absolute Gasteiger partial charge is 0.408 e. The van der Waals surface area contributed by atoms with Gasteiger partial charge in [0.2, 0.25) is 5.91 Å². The number of nitrogens with one attached hydrogen (secondary N) is 1. The monoisotopic (exact) mass is 466 g/mol. The highest BCUT2D eigenvalue weighted by Crippen LogP contribution is 2.23. The van der Waals surface area contributed by atoms with Gasteiger partial charge in [0.1, 0.15) is 6.33 Å². The highest BCUT2D eigenvalue weighted by atomic mass is 32.2. The van der Waals surface area contributed by atoms with Gasteiger partial charge in [-0.05, 0) is 50.3 Å². The number of aryl methyl sites for hydroxylation is 1. The maximum Gasteiger partial charge on any atom is 0.419 e. The molecule has 4 aromatic rings. The zero-order valence-corrected chi connectivity index (χ0v) is 19.6. The molecule has 0 fully saturated rings. The van der Waals surface area contributed by atoms with E-state index in [1.54, 1.807) is 29.1 Å². The van der Waals surface area contributed by atoms with Crippen molar-refractivity contribution in [2.24, 2.45) is 0 Å². The van der Waals surface area contributed by atoms with Crippen molar-refractivity contribution in [2.45, 2.75) is 25.0 Å². The number of hydrogen-bond donors (Lipinski definition) is 1. The number of hydrogen-bond acceptors (Lipinski definition) is 7. The standard InChI is InChI=1S/C23H26N6O3S/c1-4-16-7-5-6-8-18(16)29-15-24-26-22(29)33-14-21(30)25-17-9-10-20-19(13-17)28(23(31)32-20)12-11-27(2)3/h5-10,13,15H,4,11-12,14H2,1-3H3,(H,25,30). The zero-order chi connectivity index (χ0) is 23.4. The number of fused-ring (bicyclic) bond motifs is 1. The van der Waals surface area contributed by atoms with Gasteiger partial charge in [-0.25, -0.2) is 4.79 Å². The molecule has 0 unspecified atom stereocenters. The molecule has 0 saturated heterocycles. The number of oxazole rings is 1.